The van der Waals surface area contributed by atoms with E-state index in [9.17, 15) is 0 Å². The number of ether oxygens (including phenoxy) is 1. The number of nitrogens with zero attached hydrogens (tertiary/aromatic N) is 4. The third kappa shape index (κ3) is 8.90. The third-order valence-electron chi connectivity index (χ3n) is 15.2. The van der Waals surface area contributed by atoms with Crippen LogP contribution in [0.1, 0.15) is 129 Å². The molecular weight excluding hydrogens is 865 g/mol. The van der Waals surface area contributed by atoms with Gasteiger partial charge in [0.1, 0.15) is 24.0 Å². The van der Waals surface area contributed by atoms with Crippen LogP contribution in [-0.2, 0) is 27.1 Å². The van der Waals surface area contributed by atoms with Crippen LogP contribution in [0, 0.1) is 0 Å². The number of aromatic nitrogens is 2. The molecule has 0 bridgehead atoms. The third-order valence-corrected chi connectivity index (χ3v) is 15.2. The van der Waals surface area contributed by atoms with E-state index in [1.165, 1.54) is 61.4 Å². The molecule has 0 saturated carbocycles. The summed E-state index contributed by atoms with van der Waals surface area (Å²) in [5, 5.41) is 2.32. The Labute approximate surface area is 422 Å². The van der Waals surface area contributed by atoms with E-state index >= 15 is 0 Å². The van der Waals surface area contributed by atoms with Crippen LogP contribution in [-0.4, -0.2) is 16.2 Å². The van der Waals surface area contributed by atoms with Crippen LogP contribution in [0.5, 0.6) is 11.5 Å². The molecule has 0 fully saturated rings. The van der Waals surface area contributed by atoms with Gasteiger partial charge in [0.15, 0.2) is 0 Å². The molecule has 5 heteroatoms. The first kappa shape index (κ1) is 47.6. The molecular formula is C66H70N4O. The Morgan fingerprint density at radius 2 is 0.915 bits per heavy atom. The fourth-order valence-corrected chi connectivity index (χ4v) is 10.3. The minimum absolute atomic E-state index is 0.00281. The molecule has 2 aromatic heterocycles. The van der Waals surface area contributed by atoms with Crippen LogP contribution in [0.2, 0.25) is 0 Å². The number of pyridine rings is 1. The van der Waals surface area contributed by atoms with Crippen LogP contribution in [0.15, 0.2) is 176 Å². The Morgan fingerprint density at radius 3 is 1.52 bits per heavy atom. The number of hydrogen-bond acceptors (Lipinski definition) is 4. The van der Waals surface area contributed by atoms with Gasteiger partial charge in [0.2, 0.25) is 0 Å². The molecule has 3 heterocycles. The molecule has 9 aromatic rings. The van der Waals surface area contributed by atoms with E-state index in [1.807, 2.05) is 6.20 Å². The predicted octanol–water partition coefficient (Wildman–Crippen LogP) is 17.8. The number of anilines is 4. The summed E-state index contributed by atoms with van der Waals surface area (Å²) in [6.45, 7) is 30.7. The molecule has 0 saturated heterocycles. The van der Waals surface area contributed by atoms with Crippen molar-refractivity contribution in [2.24, 2.45) is 0 Å². The quantitative estimate of drug-likeness (QED) is 0.144. The van der Waals surface area contributed by atoms with Crippen molar-refractivity contribution in [2.45, 2.75) is 117 Å². The molecule has 0 unspecified atom stereocenters. The van der Waals surface area contributed by atoms with Gasteiger partial charge in [-0.05, 0) is 122 Å². The van der Waals surface area contributed by atoms with Crippen LogP contribution >= 0.6 is 0 Å². The van der Waals surface area contributed by atoms with Crippen molar-refractivity contribution in [3.63, 3.8) is 0 Å². The minimum Gasteiger partial charge on any atom is -0.457 e. The lowest BCUT2D eigenvalue weighted by atomic mass is 9.78. The first-order valence-corrected chi connectivity index (χ1v) is 25.4. The summed E-state index contributed by atoms with van der Waals surface area (Å²) in [5.74, 6) is 2.41. The van der Waals surface area contributed by atoms with Gasteiger partial charge >= 0.3 is 0 Å². The molecule has 71 heavy (non-hydrogen) atoms. The zero-order chi connectivity index (χ0) is 50.3. The maximum Gasteiger partial charge on any atom is 0.137 e. The average Bonchev–Trinajstić information content (AvgIpc) is 3.89. The van der Waals surface area contributed by atoms with Crippen LogP contribution in [0.25, 0.3) is 27.6 Å². The van der Waals surface area contributed by atoms with Gasteiger partial charge in [-0.1, -0.05) is 181 Å². The molecule has 0 amide bonds. The van der Waals surface area contributed by atoms with Gasteiger partial charge in [-0.2, -0.15) is 0 Å². The Balaban J connectivity index is 1.06. The molecule has 360 valence electrons. The molecule has 0 spiro atoms. The summed E-state index contributed by atoms with van der Waals surface area (Å²) in [7, 11) is 0. The van der Waals surface area contributed by atoms with Crippen molar-refractivity contribution in [3.05, 3.63) is 215 Å². The Hall–Kier alpha value is -7.11. The van der Waals surface area contributed by atoms with E-state index in [0.29, 0.717) is 6.67 Å². The number of fused-ring (bicyclic) bond motifs is 4. The van der Waals surface area contributed by atoms with E-state index in [0.717, 1.165) is 39.4 Å². The van der Waals surface area contributed by atoms with Gasteiger partial charge < -0.3 is 14.5 Å². The van der Waals surface area contributed by atoms with Crippen molar-refractivity contribution < 1.29 is 4.74 Å². The summed E-state index contributed by atoms with van der Waals surface area (Å²) in [4.78, 5) is 10.1. The standard InChI is InChI=1S/C66H70N4O/c1-62(2,3)46-28-32-57-60(38-46)69(52-36-49(63(4,5)6)35-50(37-52)64(7,8)9)43-68(57)51-25-20-26-53(41-51)71-54-29-31-56-55-30-27-47(65(10,11)44-21-16-14-17-22-44)39-58(55)70(59(56)42-54)61-40-48(33-34-67-61)66(12,13)45-23-18-15-19-24-45/h14-42H,43H2,1-13H3. The second-order valence-corrected chi connectivity index (χ2v) is 24.0. The first-order valence-electron chi connectivity index (χ1n) is 25.4. The summed E-state index contributed by atoms with van der Waals surface area (Å²) in [5.41, 5.74) is 15.3. The molecule has 10 rings (SSSR count). The second-order valence-electron chi connectivity index (χ2n) is 24.0. The van der Waals surface area contributed by atoms with Gasteiger partial charge in [-0.15, -0.1) is 0 Å². The number of hydrogen-bond donors (Lipinski definition) is 0. The highest BCUT2D eigenvalue weighted by molar-refractivity contribution is 6.09. The fourth-order valence-electron chi connectivity index (χ4n) is 10.3. The zero-order valence-corrected chi connectivity index (χ0v) is 44.1. The molecule has 7 aromatic carbocycles. The summed E-state index contributed by atoms with van der Waals surface area (Å²) in [6.07, 6.45) is 1.96. The van der Waals surface area contributed by atoms with Crippen molar-refractivity contribution in [1.29, 1.82) is 0 Å². The summed E-state index contributed by atoms with van der Waals surface area (Å²) < 4.78 is 9.28. The Kier molecular flexibility index (Phi) is 11.6. The molecule has 1 aliphatic rings. The Morgan fingerprint density at radius 1 is 0.380 bits per heavy atom. The van der Waals surface area contributed by atoms with Gasteiger partial charge in [-0.3, -0.25) is 4.57 Å². The van der Waals surface area contributed by atoms with Crippen LogP contribution in [0.3, 0.4) is 0 Å². The van der Waals surface area contributed by atoms with Gasteiger partial charge in [0.05, 0.1) is 22.4 Å². The topological polar surface area (TPSA) is 33.5 Å². The highest BCUT2D eigenvalue weighted by Crippen LogP contribution is 2.48. The molecule has 1 aliphatic heterocycles. The number of benzene rings is 7. The van der Waals surface area contributed by atoms with Crippen molar-refractivity contribution in [1.82, 2.24) is 9.55 Å². The maximum absolute atomic E-state index is 6.94. The fraction of sp³-hybridized carbons (Fsp3) is 0.288. The minimum atomic E-state index is -0.245. The highest BCUT2D eigenvalue weighted by Gasteiger charge is 2.33. The number of rotatable bonds is 9. The molecule has 0 radical (unpaired) electrons. The molecule has 0 N–H and O–H groups in total. The highest BCUT2D eigenvalue weighted by atomic mass is 16.5. The molecule has 0 atom stereocenters. The average molecular weight is 935 g/mol. The van der Waals surface area contributed by atoms with Gasteiger partial charge in [-0.25, -0.2) is 4.98 Å². The lowest BCUT2D eigenvalue weighted by Gasteiger charge is -2.29. The maximum atomic E-state index is 6.94. The first-order chi connectivity index (χ1) is 33.6. The van der Waals surface area contributed by atoms with E-state index < -0.39 is 0 Å². The van der Waals surface area contributed by atoms with Gasteiger partial charge in [0, 0.05) is 51.3 Å². The Bertz CT molecular complexity index is 3400. The van der Waals surface area contributed by atoms with Crippen molar-refractivity contribution >= 4 is 44.6 Å². The predicted molar refractivity (Wildman–Crippen MR) is 300 cm³/mol. The van der Waals surface area contributed by atoms with E-state index in [-0.39, 0.29) is 27.1 Å². The van der Waals surface area contributed by atoms with E-state index in [1.54, 1.807) is 0 Å². The normalized spacial score (nSPS) is 13.6. The largest absolute Gasteiger partial charge is 0.457 e. The van der Waals surface area contributed by atoms with Gasteiger partial charge in [0.25, 0.3) is 0 Å². The van der Waals surface area contributed by atoms with E-state index in [2.05, 4.69) is 274 Å². The van der Waals surface area contributed by atoms with Crippen molar-refractivity contribution in [3.8, 4) is 17.3 Å². The van der Waals surface area contributed by atoms with Crippen LogP contribution in [0.4, 0.5) is 22.7 Å². The second kappa shape index (κ2) is 17.3. The van der Waals surface area contributed by atoms with Crippen molar-refractivity contribution in [2.75, 3.05) is 16.5 Å². The summed E-state index contributed by atoms with van der Waals surface area (Å²) >= 11 is 0. The summed E-state index contributed by atoms with van der Waals surface area (Å²) in [6, 6.07) is 62.3. The van der Waals surface area contributed by atoms with Crippen LogP contribution < -0.4 is 14.5 Å². The van der Waals surface area contributed by atoms with E-state index in [4.69, 9.17) is 9.72 Å². The zero-order valence-electron chi connectivity index (χ0n) is 44.1. The monoisotopic (exact) mass is 935 g/mol. The molecule has 5 nitrogen and oxygen atoms in total. The lowest BCUT2D eigenvalue weighted by Crippen LogP contribution is -2.25. The smallest absolute Gasteiger partial charge is 0.137 e. The SMILES string of the molecule is CC(C)(C)c1cc(N2CN(c3cccc(Oc4ccc5c6ccc(C(C)(C)c7ccccc7)cc6n(-c6cc(C(C)(C)c7ccccc7)ccn6)c5c4)c3)c3ccc(C(C)(C)C)cc32)cc(C(C)(C)C)c1. The lowest BCUT2D eigenvalue weighted by molar-refractivity contribution is 0.483. The molecule has 0 aliphatic carbocycles.